The summed E-state index contributed by atoms with van der Waals surface area (Å²) in [6.45, 7) is 6.54. The molecule has 1 aromatic heterocycles. The van der Waals surface area contributed by atoms with E-state index >= 15 is 0 Å². The van der Waals surface area contributed by atoms with E-state index < -0.39 is 0 Å². The quantitative estimate of drug-likeness (QED) is 0.726. The first kappa shape index (κ1) is 16.9. The first-order chi connectivity index (χ1) is 12.6. The molecule has 0 bridgehead atoms. The lowest BCUT2D eigenvalue weighted by atomic mass is 10.1. The molecule has 4 heteroatoms. The topological polar surface area (TPSA) is 28.5 Å². The van der Waals surface area contributed by atoms with Gasteiger partial charge in [-0.25, -0.2) is 0 Å². The number of nitrogens with zero attached hydrogens (tertiary/aromatic N) is 3. The van der Waals surface area contributed by atoms with Crippen molar-refractivity contribution in [2.45, 2.75) is 13.5 Å². The highest BCUT2D eigenvalue weighted by molar-refractivity contribution is 6.07. The highest BCUT2D eigenvalue weighted by Gasteiger charge is 2.24. The first-order valence-electron chi connectivity index (χ1n) is 9.23. The van der Waals surface area contributed by atoms with Crippen LogP contribution < -0.4 is 0 Å². The zero-order valence-corrected chi connectivity index (χ0v) is 15.5. The Labute approximate surface area is 154 Å². The Hall–Kier alpha value is -2.59. The van der Waals surface area contributed by atoms with E-state index in [9.17, 15) is 4.79 Å². The smallest absolute Gasteiger partial charge is 0.256 e. The van der Waals surface area contributed by atoms with Crippen LogP contribution in [0.1, 0.15) is 21.5 Å². The molecule has 1 aliphatic rings. The fraction of sp³-hybridized carbons (Fsp3) is 0.318. The normalized spacial score (nSPS) is 15.5. The number of hydrogen-bond donors (Lipinski definition) is 0. The predicted molar refractivity (Wildman–Crippen MR) is 105 cm³/mol. The monoisotopic (exact) mass is 347 g/mol. The molecule has 26 heavy (non-hydrogen) atoms. The van der Waals surface area contributed by atoms with Gasteiger partial charge in [-0.05, 0) is 24.1 Å². The van der Waals surface area contributed by atoms with Gasteiger partial charge >= 0.3 is 0 Å². The number of benzene rings is 2. The highest BCUT2D eigenvalue weighted by Crippen LogP contribution is 2.22. The lowest BCUT2D eigenvalue weighted by Gasteiger charge is -2.35. The molecule has 1 saturated heterocycles. The lowest BCUT2D eigenvalue weighted by molar-refractivity contribution is 0.0630. The summed E-state index contributed by atoms with van der Waals surface area (Å²) >= 11 is 0. The van der Waals surface area contributed by atoms with Gasteiger partial charge < -0.3 is 9.47 Å². The molecule has 0 saturated carbocycles. The Morgan fingerprint density at radius 1 is 0.962 bits per heavy atom. The van der Waals surface area contributed by atoms with E-state index in [2.05, 4.69) is 42.2 Å². The van der Waals surface area contributed by atoms with E-state index in [0.29, 0.717) is 0 Å². The molecular formula is C22H25N3O. The minimum Gasteiger partial charge on any atom is -0.350 e. The number of aromatic nitrogens is 1. The van der Waals surface area contributed by atoms with Crippen LogP contribution in [0.5, 0.6) is 0 Å². The fourth-order valence-electron chi connectivity index (χ4n) is 3.82. The van der Waals surface area contributed by atoms with Crippen LogP contribution in [0.4, 0.5) is 0 Å². The molecule has 2 heterocycles. The van der Waals surface area contributed by atoms with Crippen molar-refractivity contribution in [3.63, 3.8) is 0 Å². The van der Waals surface area contributed by atoms with Crippen LogP contribution in [0, 0.1) is 6.92 Å². The van der Waals surface area contributed by atoms with Gasteiger partial charge in [-0.15, -0.1) is 0 Å². The zero-order chi connectivity index (χ0) is 18.1. The number of para-hydroxylation sites is 1. The minimum absolute atomic E-state index is 0.150. The van der Waals surface area contributed by atoms with Crippen molar-refractivity contribution in [3.8, 4) is 0 Å². The molecule has 0 atom stereocenters. The van der Waals surface area contributed by atoms with Crippen molar-refractivity contribution in [1.82, 2.24) is 14.4 Å². The molecule has 4 nitrogen and oxygen atoms in total. The molecule has 1 fully saturated rings. The molecule has 3 aromatic rings. The van der Waals surface area contributed by atoms with E-state index in [1.54, 1.807) is 0 Å². The second kappa shape index (κ2) is 6.96. The molecule has 134 valence electrons. The van der Waals surface area contributed by atoms with Crippen molar-refractivity contribution in [2.75, 3.05) is 26.2 Å². The van der Waals surface area contributed by atoms with Gasteiger partial charge in [0.05, 0.1) is 5.56 Å². The number of hydrogen-bond acceptors (Lipinski definition) is 2. The Kier molecular flexibility index (Phi) is 4.51. The SMILES string of the molecule is Cc1ccccc1CN1CCN(C(=O)c2cn(C)c3ccccc23)CC1. The number of aryl methyl sites for hydroxylation is 2. The van der Waals surface area contributed by atoms with Gasteiger partial charge in [0.15, 0.2) is 0 Å². The fourth-order valence-corrected chi connectivity index (χ4v) is 3.82. The van der Waals surface area contributed by atoms with Crippen LogP contribution in [0.2, 0.25) is 0 Å². The summed E-state index contributed by atoms with van der Waals surface area (Å²) in [5, 5.41) is 1.04. The van der Waals surface area contributed by atoms with E-state index in [1.807, 2.05) is 40.9 Å². The van der Waals surface area contributed by atoms with Crippen LogP contribution in [-0.4, -0.2) is 46.5 Å². The molecule has 4 rings (SSSR count). The highest BCUT2D eigenvalue weighted by atomic mass is 16.2. The molecule has 2 aromatic carbocycles. The maximum Gasteiger partial charge on any atom is 0.256 e. The van der Waals surface area contributed by atoms with E-state index in [-0.39, 0.29) is 5.91 Å². The Morgan fingerprint density at radius 2 is 1.65 bits per heavy atom. The summed E-state index contributed by atoms with van der Waals surface area (Å²) in [4.78, 5) is 17.5. The Bertz CT molecular complexity index is 935. The first-order valence-corrected chi connectivity index (χ1v) is 9.23. The van der Waals surface area contributed by atoms with Crippen LogP contribution >= 0.6 is 0 Å². The maximum atomic E-state index is 13.0. The number of rotatable bonds is 3. The van der Waals surface area contributed by atoms with Crippen LogP contribution in [0.15, 0.2) is 54.7 Å². The number of amides is 1. The van der Waals surface area contributed by atoms with Crippen molar-refractivity contribution in [1.29, 1.82) is 0 Å². The zero-order valence-electron chi connectivity index (χ0n) is 15.5. The van der Waals surface area contributed by atoms with Gasteiger partial charge in [0.1, 0.15) is 0 Å². The average molecular weight is 347 g/mol. The molecule has 0 unspecified atom stereocenters. The number of fused-ring (bicyclic) bond motifs is 1. The van der Waals surface area contributed by atoms with Gasteiger partial charge in [0, 0.05) is 56.9 Å². The molecule has 0 N–H and O–H groups in total. The molecular weight excluding hydrogens is 322 g/mol. The average Bonchev–Trinajstić information content (AvgIpc) is 3.01. The maximum absolute atomic E-state index is 13.0. The summed E-state index contributed by atoms with van der Waals surface area (Å²) in [5.74, 6) is 0.150. The van der Waals surface area contributed by atoms with Crippen LogP contribution in [0.3, 0.4) is 0 Å². The molecule has 0 aliphatic carbocycles. The minimum atomic E-state index is 0.150. The predicted octanol–water partition coefficient (Wildman–Crippen LogP) is 3.44. The third kappa shape index (κ3) is 3.13. The van der Waals surface area contributed by atoms with E-state index in [0.717, 1.165) is 49.2 Å². The number of piperazine rings is 1. The largest absolute Gasteiger partial charge is 0.350 e. The summed E-state index contributed by atoms with van der Waals surface area (Å²) in [6.07, 6.45) is 1.96. The van der Waals surface area contributed by atoms with E-state index in [1.165, 1.54) is 11.1 Å². The van der Waals surface area contributed by atoms with Crippen LogP contribution in [-0.2, 0) is 13.6 Å². The Balaban J connectivity index is 1.44. The summed E-state index contributed by atoms with van der Waals surface area (Å²) in [5.41, 5.74) is 4.63. The summed E-state index contributed by atoms with van der Waals surface area (Å²) < 4.78 is 2.04. The lowest BCUT2D eigenvalue weighted by Crippen LogP contribution is -2.48. The third-order valence-electron chi connectivity index (χ3n) is 5.44. The van der Waals surface area contributed by atoms with Gasteiger partial charge in [0.2, 0.25) is 0 Å². The standard InChI is InChI=1S/C22H25N3O/c1-17-7-3-4-8-18(17)15-24-11-13-25(14-12-24)22(26)20-16-23(2)21-10-6-5-9-19(20)21/h3-10,16H,11-15H2,1-2H3. The number of carbonyl (C=O) groups is 1. The van der Waals surface area contributed by atoms with Crippen molar-refractivity contribution < 1.29 is 4.79 Å². The second-order valence-electron chi connectivity index (χ2n) is 7.17. The van der Waals surface area contributed by atoms with Gasteiger partial charge in [0.25, 0.3) is 5.91 Å². The summed E-state index contributed by atoms with van der Waals surface area (Å²) in [6, 6.07) is 16.7. The molecule has 1 amide bonds. The number of carbonyl (C=O) groups excluding carboxylic acids is 1. The summed E-state index contributed by atoms with van der Waals surface area (Å²) in [7, 11) is 2.00. The Morgan fingerprint density at radius 3 is 2.42 bits per heavy atom. The second-order valence-corrected chi connectivity index (χ2v) is 7.17. The van der Waals surface area contributed by atoms with Gasteiger partial charge in [-0.2, -0.15) is 0 Å². The van der Waals surface area contributed by atoms with E-state index in [4.69, 9.17) is 0 Å². The van der Waals surface area contributed by atoms with Crippen molar-refractivity contribution in [3.05, 3.63) is 71.4 Å². The van der Waals surface area contributed by atoms with Crippen molar-refractivity contribution >= 4 is 16.8 Å². The van der Waals surface area contributed by atoms with Crippen molar-refractivity contribution in [2.24, 2.45) is 7.05 Å². The van der Waals surface area contributed by atoms with Gasteiger partial charge in [-0.3, -0.25) is 9.69 Å². The van der Waals surface area contributed by atoms with Crippen LogP contribution in [0.25, 0.3) is 10.9 Å². The third-order valence-corrected chi connectivity index (χ3v) is 5.44. The molecule has 0 radical (unpaired) electrons. The molecule has 0 spiro atoms. The van der Waals surface area contributed by atoms with Gasteiger partial charge in [-0.1, -0.05) is 42.5 Å². The molecule has 1 aliphatic heterocycles.